The number of hydrogen-bond acceptors (Lipinski definition) is 9. The molecular formula is C34H38ClF3N4O7SSi. The van der Waals surface area contributed by atoms with Crippen molar-refractivity contribution in [2.24, 2.45) is 4.36 Å². The Morgan fingerprint density at radius 3 is 2.31 bits per heavy atom. The van der Waals surface area contributed by atoms with Crippen LogP contribution in [0.1, 0.15) is 5.56 Å². The highest BCUT2D eigenvalue weighted by molar-refractivity contribution is 7.92. The number of halogens is 4. The van der Waals surface area contributed by atoms with Gasteiger partial charge in [-0.3, -0.25) is 9.36 Å². The molecule has 4 unspecified atom stereocenters. The number of aromatic nitrogens is 3. The largest absolute Gasteiger partial charge is 0.474 e. The van der Waals surface area contributed by atoms with Gasteiger partial charge >= 0.3 is 18.1 Å². The molecule has 17 heteroatoms. The molecule has 2 aliphatic heterocycles. The summed E-state index contributed by atoms with van der Waals surface area (Å²) in [5, 5.41) is 10.6. The number of aliphatic hydroxyl groups is 1. The number of carbonyl (C=O) groups is 1. The average Bonchev–Trinajstić information content (AvgIpc) is 3.72. The second-order valence-corrected chi connectivity index (χ2v) is 22.3. The zero-order valence-electron chi connectivity index (χ0n) is 28.4. The van der Waals surface area contributed by atoms with Crippen LogP contribution >= 0.6 is 11.6 Å². The van der Waals surface area contributed by atoms with Crippen LogP contribution in [0.4, 0.5) is 13.2 Å². The summed E-state index contributed by atoms with van der Waals surface area (Å²) in [6.45, 7) is 7.94. The van der Waals surface area contributed by atoms with Crippen LogP contribution in [-0.2, 0) is 41.2 Å². The molecule has 4 heterocycles. The summed E-state index contributed by atoms with van der Waals surface area (Å²) in [6.07, 6.45) is -6.24. The summed E-state index contributed by atoms with van der Waals surface area (Å²) in [7, 11) is -4.77. The molecular weight excluding hydrogens is 729 g/mol. The third kappa shape index (κ3) is 8.81. The van der Waals surface area contributed by atoms with Crippen LogP contribution in [0.15, 0.2) is 59.0 Å². The molecule has 0 aliphatic carbocycles. The van der Waals surface area contributed by atoms with Gasteiger partial charge in [-0.25, -0.2) is 9.19 Å². The van der Waals surface area contributed by atoms with Crippen LogP contribution in [0.5, 0.6) is 6.01 Å². The lowest BCUT2D eigenvalue weighted by atomic mass is 10.0. The average molecular weight is 767 g/mol. The summed E-state index contributed by atoms with van der Waals surface area (Å²) >= 11 is 6.76. The van der Waals surface area contributed by atoms with Crippen LogP contribution in [-0.4, -0.2) is 94.5 Å². The summed E-state index contributed by atoms with van der Waals surface area (Å²) in [4.78, 5) is 20.8. The number of hydrogen-bond donors (Lipinski definition) is 1. The van der Waals surface area contributed by atoms with E-state index in [9.17, 15) is 27.3 Å². The minimum Gasteiger partial charge on any atom is -0.456 e. The quantitative estimate of drug-likeness (QED) is 0.137. The van der Waals surface area contributed by atoms with Gasteiger partial charge < -0.3 is 24.1 Å². The number of alkyl halides is 3. The van der Waals surface area contributed by atoms with E-state index in [0.29, 0.717) is 34.1 Å². The minimum absolute atomic E-state index is 0.143. The lowest BCUT2D eigenvalue weighted by molar-refractivity contribution is -0.169. The van der Waals surface area contributed by atoms with Crippen LogP contribution in [0.3, 0.4) is 0 Å². The van der Waals surface area contributed by atoms with Crippen molar-refractivity contribution in [1.82, 2.24) is 14.5 Å². The van der Waals surface area contributed by atoms with Gasteiger partial charge in [-0.2, -0.15) is 22.5 Å². The molecule has 274 valence electrons. The number of rotatable bonds is 11. The number of nitrogens with zero attached hydrogens (tertiary/aromatic N) is 4. The maximum absolute atomic E-state index is 12.6. The van der Waals surface area contributed by atoms with Crippen molar-refractivity contribution in [2.45, 2.75) is 68.8 Å². The first-order chi connectivity index (χ1) is 24.0. The highest BCUT2D eigenvalue weighted by Crippen LogP contribution is 2.35. The number of fused-ring (bicyclic) bond motifs is 2. The Kier molecular flexibility index (Phi) is 10.7. The predicted octanol–water partition coefficient (Wildman–Crippen LogP) is 6.32. The fourth-order valence-corrected chi connectivity index (χ4v) is 8.15. The Balaban J connectivity index is 1.23. The van der Waals surface area contributed by atoms with E-state index in [0.717, 1.165) is 29.0 Å². The third-order valence-electron chi connectivity index (χ3n) is 8.49. The summed E-state index contributed by atoms with van der Waals surface area (Å²) in [5.41, 5.74) is 4.39. The van der Waals surface area contributed by atoms with Gasteiger partial charge in [0, 0.05) is 26.5 Å². The monoisotopic (exact) mass is 766 g/mol. The van der Waals surface area contributed by atoms with Crippen molar-refractivity contribution in [2.75, 3.05) is 26.1 Å². The van der Waals surface area contributed by atoms with Gasteiger partial charge in [-0.1, -0.05) is 79.8 Å². The number of carbonyl (C=O) groups excluding carboxylic acids is 1. The first-order valence-corrected chi connectivity index (χ1v) is 22.4. The van der Waals surface area contributed by atoms with E-state index in [4.69, 9.17) is 40.5 Å². The van der Waals surface area contributed by atoms with Gasteiger partial charge in [0.05, 0.1) is 39.4 Å². The van der Waals surface area contributed by atoms with Crippen LogP contribution in [0, 0.1) is 0 Å². The highest BCUT2D eigenvalue weighted by Gasteiger charge is 2.49. The van der Waals surface area contributed by atoms with E-state index in [-0.39, 0.29) is 31.7 Å². The fourth-order valence-electron chi connectivity index (χ4n) is 5.81. The second-order valence-electron chi connectivity index (χ2n) is 13.9. The Morgan fingerprint density at radius 1 is 1.04 bits per heavy atom. The summed E-state index contributed by atoms with van der Waals surface area (Å²) in [5.74, 6) is -2.66. The molecule has 0 bridgehead atoms. The highest BCUT2D eigenvalue weighted by atomic mass is 35.5. The molecule has 2 aliphatic rings. The van der Waals surface area contributed by atoms with Gasteiger partial charge in [-0.15, -0.1) is 0 Å². The van der Waals surface area contributed by atoms with Crippen LogP contribution in [0.2, 0.25) is 30.7 Å². The molecule has 0 radical (unpaired) electrons. The molecule has 2 saturated heterocycles. The Morgan fingerprint density at radius 2 is 1.67 bits per heavy atom. The molecule has 51 heavy (non-hydrogen) atoms. The number of benzene rings is 2. The Bertz CT molecular complexity index is 2030. The standard InChI is InChI=1S/C34H38ClF3N4O7SSi/c1-50(45,41-32(44)34(36,37)38)18-20-5-7-21(8-6-20)22-9-11-23(12-10-22)28-24(35)15-25-31(40-28)42(19-46-13-14-51(2,3)4)33(39-25)49-27-17-48-29-26(43)16-47-30(27)29/h5-12,15,26-27,29-30,43H,13-14,16-19H2,1-4H3/t26?,27?,29?,30-,50?/m1/s1. The maximum atomic E-state index is 12.6. The molecule has 1 N–H and O–H groups in total. The zero-order chi connectivity index (χ0) is 36.7. The van der Waals surface area contributed by atoms with Crippen molar-refractivity contribution >= 4 is 46.5 Å². The van der Waals surface area contributed by atoms with E-state index in [1.807, 2.05) is 24.3 Å². The first kappa shape index (κ1) is 37.4. The lowest BCUT2D eigenvalue weighted by Crippen LogP contribution is -2.35. The second kappa shape index (κ2) is 14.6. The Hall–Kier alpha value is -3.38. The Labute approximate surface area is 299 Å². The molecule has 1 amide bonds. The van der Waals surface area contributed by atoms with Crippen molar-refractivity contribution < 1.29 is 46.2 Å². The van der Waals surface area contributed by atoms with Crippen molar-refractivity contribution in [3.8, 4) is 28.4 Å². The molecule has 2 fully saturated rings. The molecule has 2 aromatic carbocycles. The molecule has 0 spiro atoms. The smallest absolute Gasteiger partial charge is 0.456 e. The molecule has 2 aromatic heterocycles. The zero-order valence-corrected chi connectivity index (χ0v) is 30.9. The van der Waals surface area contributed by atoms with Gasteiger partial charge in [0.25, 0.3) is 0 Å². The van der Waals surface area contributed by atoms with Crippen molar-refractivity contribution in [3.05, 3.63) is 65.2 Å². The van der Waals surface area contributed by atoms with Crippen molar-refractivity contribution in [3.63, 3.8) is 0 Å². The van der Waals surface area contributed by atoms with E-state index < -0.39 is 54.3 Å². The predicted molar refractivity (Wildman–Crippen MR) is 189 cm³/mol. The first-order valence-electron chi connectivity index (χ1n) is 16.2. The molecule has 4 aromatic rings. The van der Waals surface area contributed by atoms with E-state index in [1.54, 1.807) is 34.9 Å². The SMILES string of the molecule is C[Si](C)(C)CCOCn1c(OC2COC3C(O)CO[C@H]23)nc2cc(Cl)c(-c3ccc(-c4ccc(CS(C)(=O)=NC(=O)C(F)(F)F)cc4)cc3)nc21. The van der Waals surface area contributed by atoms with Crippen LogP contribution < -0.4 is 4.74 Å². The van der Waals surface area contributed by atoms with E-state index in [2.05, 4.69) is 24.0 Å². The number of amides is 1. The third-order valence-corrected chi connectivity index (χ3v) is 11.9. The lowest BCUT2D eigenvalue weighted by Gasteiger charge is -2.19. The van der Waals surface area contributed by atoms with Crippen molar-refractivity contribution in [1.29, 1.82) is 0 Å². The fraction of sp³-hybridized carbons (Fsp3) is 0.441. The normalized spacial score (nSPS) is 21.8. The number of imidazole rings is 1. The molecule has 0 saturated carbocycles. The number of ether oxygens (including phenoxy) is 4. The number of pyridine rings is 1. The topological polar surface area (TPSA) is 134 Å². The van der Waals surface area contributed by atoms with Gasteiger partial charge in [0.2, 0.25) is 0 Å². The summed E-state index contributed by atoms with van der Waals surface area (Å²) < 4.78 is 78.9. The van der Waals surface area contributed by atoms with Gasteiger partial charge in [0.1, 0.15) is 30.6 Å². The summed E-state index contributed by atoms with van der Waals surface area (Å²) in [6, 6.07) is 17.2. The van der Waals surface area contributed by atoms with Crippen LogP contribution in [0.25, 0.3) is 33.5 Å². The molecule has 6 rings (SSSR count). The van der Waals surface area contributed by atoms with Gasteiger partial charge in [0.15, 0.2) is 11.8 Å². The minimum atomic E-state index is -5.17. The van der Waals surface area contributed by atoms with Gasteiger partial charge in [-0.05, 0) is 28.8 Å². The van der Waals surface area contributed by atoms with E-state index >= 15 is 0 Å². The molecule has 11 nitrogen and oxygen atoms in total. The molecule has 5 atom stereocenters. The maximum Gasteiger partial charge on any atom is 0.474 e. The number of aliphatic hydroxyl groups excluding tert-OH is 1. The van der Waals surface area contributed by atoms with E-state index in [1.165, 1.54) is 0 Å².